The maximum atomic E-state index is 13.2. The van der Waals surface area contributed by atoms with Crippen LogP contribution in [0.4, 0.5) is 5.69 Å². The summed E-state index contributed by atoms with van der Waals surface area (Å²) in [5, 5.41) is 16.3. The van der Waals surface area contributed by atoms with Crippen molar-refractivity contribution in [2.75, 3.05) is 203 Å². The van der Waals surface area contributed by atoms with Crippen LogP contribution in [0.15, 0.2) is 18.2 Å². The third-order valence-electron chi connectivity index (χ3n) is 9.52. The summed E-state index contributed by atoms with van der Waals surface area (Å²) in [5.74, 6) is -3.74. The highest BCUT2D eigenvalue weighted by Gasteiger charge is 2.45. The summed E-state index contributed by atoms with van der Waals surface area (Å²) in [6.45, 7) is 10.8. The van der Waals surface area contributed by atoms with Gasteiger partial charge in [0.1, 0.15) is 19.3 Å². The van der Waals surface area contributed by atoms with E-state index < -0.39 is 48.2 Å². The number of carboxylic acids is 1. The average molecular weight is 1010 g/mol. The van der Waals surface area contributed by atoms with Gasteiger partial charge in [0.2, 0.25) is 17.7 Å². The number of rotatable bonds is 48. The highest BCUT2D eigenvalue weighted by Crippen LogP contribution is 2.32. The van der Waals surface area contributed by atoms with Crippen molar-refractivity contribution in [2.24, 2.45) is 0 Å². The van der Waals surface area contributed by atoms with Crippen LogP contribution in [-0.4, -0.2) is 250 Å². The standard InChI is InChI=1S/C45H72N4O21/c50-39-5-4-38(43(54)48-39)49-44(55)36-2-1-3-37(42(36)45(49)56)46-6-8-57-10-12-59-14-16-61-18-20-63-22-24-65-26-28-67-30-32-69-33-31-68-29-27-66-25-23-64-21-19-62-17-15-60-13-11-58-9-7-47-40(51)34-70-35-41(52)53/h1-3,38,46H,4-35H2,(H,47,51)(H,52,53)(H,48,50,54). The van der Waals surface area contributed by atoms with Crippen LogP contribution < -0.4 is 16.0 Å². The summed E-state index contributed by atoms with van der Waals surface area (Å²) >= 11 is 0. The molecule has 1 atom stereocenters. The zero-order valence-electron chi connectivity index (χ0n) is 40.0. The molecular formula is C45H72N4O21. The van der Waals surface area contributed by atoms with Gasteiger partial charge in [0, 0.05) is 25.2 Å². The van der Waals surface area contributed by atoms with E-state index in [0.29, 0.717) is 184 Å². The van der Waals surface area contributed by atoms with Gasteiger partial charge in [-0.05, 0) is 18.6 Å². The molecule has 0 aromatic heterocycles. The number of hydrogen-bond donors (Lipinski definition) is 4. The number of piperidine rings is 1. The summed E-state index contributed by atoms with van der Waals surface area (Å²) in [7, 11) is 0. The summed E-state index contributed by atoms with van der Waals surface area (Å²) in [6.07, 6.45) is 0.153. The van der Waals surface area contributed by atoms with Crippen molar-refractivity contribution in [3.05, 3.63) is 29.3 Å². The molecule has 4 N–H and O–H groups in total. The third-order valence-corrected chi connectivity index (χ3v) is 9.52. The molecule has 25 nitrogen and oxygen atoms in total. The summed E-state index contributed by atoms with van der Waals surface area (Å²) in [6, 6.07) is 3.88. The van der Waals surface area contributed by atoms with Crippen LogP contribution in [0.3, 0.4) is 0 Å². The summed E-state index contributed by atoms with van der Waals surface area (Å²) < 4.78 is 75.9. The molecule has 3 rings (SSSR count). The first kappa shape index (κ1) is 60.0. The Kier molecular flexibility index (Phi) is 34.5. The Labute approximate surface area is 407 Å². The van der Waals surface area contributed by atoms with Crippen molar-refractivity contribution in [1.29, 1.82) is 0 Å². The fourth-order valence-electron chi connectivity index (χ4n) is 6.21. The highest BCUT2D eigenvalue weighted by molar-refractivity contribution is 6.25. The molecule has 1 fully saturated rings. The summed E-state index contributed by atoms with van der Waals surface area (Å²) in [5.41, 5.74) is 0.881. The van der Waals surface area contributed by atoms with Gasteiger partial charge in [0.25, 0.3) is 11.8 Å². The molecule has 2 heterocycles. The predicted octanol–water partition coefficient (Wildman–Crippen LogP) is -1.07. The SMILES string of the molecule is O=C(O)COCC(=O)NCCOCCOCCOCCOCCOCCOCCOCCOCCOCCOCCOCCOCCOCCNc1cccc2c1C(=O)N(C1CCC(=O)NC1=O)C2=O. The number of aliphatic carboxylic acids is 1. The van der Waals surface area contributed by atoms with Crippen LogP contribution in [0.1, 0.15) is 33.6 Å². The molecule has 398 valence electrons. The van der Waals surface area contributed by atoms with Crippen LogP contribution in [0, 0.1) is 0 Å². The molecule has 1 aromatic carbocycles. The van der Waals surface area contributed by atoms with Gasteiger partial charge in [0.05, 0.1) is 183 Å². The normalized spacial score (nSPS) is 14.6. The van der Waals surface area contributed by atoms with Crippen molar-refractivity contribution in [1.82, 2.24) is 15.5 Å². The van der Waals surface area contributed by atoms with Gasteiger partial charge < -0.3 is 82.1 Å². The van der Waals surface area contributed by atoms with E-state index in [1.807, 2.05) is 0 Å². The van der Waals surface area contributed by atoms with E-state index in [-0.39, 0.29) is 37.1 Å². The number of imide groups is 2. The molecule has 0 bridgehead atoms. The first-order valence-electron chi connectivity index (χ1n) is 23.4. The zero-order chi connectivity index (χ0) is 50.1. The van der Waals surface area contributed by atoms with Gasteiger partial charge in [-0.3, -0.25) is 34.2 Å². The van der Waals surface area contributed by atoms with Crippen LogP contribution in [-0.2, 0) is 85.5 Å². The molecule has 1 aromatic rings. The van der Waals surface area contributed by atoms with Crippen molar-refractivity contribution in [3.8, 4) is 0 Å². The first-order chi connectivity index (χ1) is 34.3. The van der Waals surface area contributed by atoms with Gasteiger partial charge in [-0.15, -0.1) is 0 Å². The zero-order valence-corrected chi connectivity index (χ0v) is 40.0. The van der Waals surface area contributed by atoms with E-state index in [4.69, 9.17) is 66.7 Å². The number of carboxylic acid groups (broad SMARTS) is 1. The average Bonchev–Trinajstić information content (AvgIpc) is 3.60. The van der Waals surface area contributed by atoms with E-state index >= 15 is 0 Å². The number of benzene rings is 1. The van der Waals surface area contributed by atoms with Crippen molar-refractivity contribution < 1.29 is 100 Å². The number of hydrogen-bond acceptors (Lipinski definition) is 21. The van der Waals surface area contributed by atoms with Crippen molar-refractivity contribution in [3.63, 3.8) is 0 Å². The smallest absolute Gasteiger partial charge is 0.329 e. The number of carbonyl (C=O) groups excluding carboxylic acids is 5. The quantitative estimate of drug-likeness (QED) is 0.0447. The first-order valence-corrected chi connectivity index (χ1v) is 23.4. The van der Waals surface area contributed by atoms with E-state index in [9.17, 15) is 28.8 Å². The molecule has 1 saturated heterocycles. The van der Waals surface area contributed by atoms with Gasteiger partial charge in [-0.2, -0.15) is 0 Å². The Morgan fingerprint density at radius 3 is 1.29 bits per heavy atom. The Bertz CT molecular complexity index is 1630. The molecule has 0 aliphatic carbocycles. The second kappa shape index (κ2) is 40.3. The van der Waals surface area contributed by atoms with Crippen LogP contribution in [0.5, 0.6) is 0 Å². The van der Waals surface area contributed by atoms with Crippen LogP contribution in [0.2, 0.25) is 0 Å². The molecule has 5 amide bonds. The second-order valence-corrected chi connectivity index (χ2v) is 14.8. The number of nitrogens with one attached hydrogen (secondary N) is 3. The molecule has 0 radical (unpaired) electrons. The van der Waals surface area contributed by atoms with Crippen LogP contribution in [0.25, 0.3) is 0 Å². The topological polar surface area (TPSA) is 291 Å². The Hall–Kier alpha value is -4.32. The van der Waals surface area contributed by atoms with Gasteiger partial charge in [0.15, 0.2) is 0 Å². The Balaban J connectivity index is 0.934. The largest absolute Gasteiger partial charge is 0.480 e. The van der Waals surface area contributed by atoms with Crippen LogP contribution >= 0.6 is 0 Å². The monoisotopic (exact) mass is 1000 g/mol. The highest BCUT2D eigenvalue weighted by atomic mass is 16.6. The molecule has 2 aliphatic rings. The molecule has 2 aliphatic heterocycles. The summed E-state index contributed by atoms with van der Waals surface area (Å²) in [4.78, 5) is 72.7. The number of carbonyl (C=O) groups is 6. The fourth-order valence-corrected chi connectivity index (χ4v) is 6.21. The second-order valence-electron chi connectivity index (χ2n) is 14.8. The number of anilines is 1. The lowest BCUT2D eigenvalue weighted by atomic mass is 10.0. The number of ether oxygens (including phenoxy) is 14. The van der Waals surface area contributed by atoms with E-state index in [2.05, 4.69) is 20.7 Å². The van der Waals surface area contributed by atoms with Crippen molar-refractivity contribution in [2.45, 2.75) is 18.9 Å². The maximum Gasteiger partial charge on any atom is 0.329 e. The Morgan fingerprint density at radius 1 is 0.514 bits per heavy atom. The van der Waals surface area contributed by atoms with E-state index in [0.717, 1.165) is 4.90 Å². The third kappa shape index (κ3) is 27.9. The molecular weight excluding hydrogens is 933 g/mol. The molecule has 0 spiro atoms. The van der Waals surface area contributed by atoms with Gasteiger partial charge >= 0.3 is 5.97 Å². The number of nitrogens with zero attached hydrogens (tertiary/aromatic N) is 1. The number of amides is 5. The molecule has 70 heavy (non-hydrogen) atoms. The fraction of sp³-hybridized carbons (Fsp3) is 0.733. The van der Waals surface area contributed by atoms with Gasteiger partial charge in [-0.25, -0.2) is 4.79 Å². The Morgan fingerprint density at radius 2 is 0.900 bits per heavy atom. The lowest BCUT2D eigenvalue weighted by Crippen LogP contribution is -2.54. The maximum absolute atomic E-state index is 13.2. The van der Waals surface area contributed by atoms with E-state index in [1.54, 1.807) is 18.2 Å². The van der Waals surface area contributed by atoms with Gasteiger partial charge in [-0.1, -0.05) is 6.07 Å². The van der Waals surface area contributed by atoms with E-state index in [1.165, 1.54) is 0 Å². The van der Waals surface area contributed by atoms with Crippen molar-refractivity contribution >= 4 is 41.2 Å². The minimum absolute atomic E-state index is 0.0576. The lowest BCUT2D eigenvalue weighted by Gasteiger charge is -2.27. The minimum Gasteiger partial charge on any atom is -0.480 e. The molecule has 1 unspecified atom stereocenters. The molecule has 0 saturated carbocycles. The lowest BCUT2D eigenvalue weighted by molar-refractivity contribution is -0.143. The number of fused-ring (bicyclic) bond motifs is 1. The molecule has 25 heteroatoms. The predicted molar refractivity (Wildman–Crippen MR) is 244 cm³/mol. The minimum atomic E-state index is -1.13.